The third-order valence-corrected chi connectivity index (χ3v) is 3.15. The highest BCUT2D eigenvalue weighted by molar-refractivity contribution is 7.84. The Hall–Kier alpha value is -1.41. The summed E-state index contributed by atoms with van der Waals surface area (Å²) in [6, 6.07) is 5.44. The maximum atomic E-state index is 11.1. The standard InChI is InChI=1S/C10H13N3OS/c1-2-15(14)6-5-12-10-4-3-9(7-11)8-13-10/h3-4,8H,2,5-6H2,1H3,(H,12,13). The minimum Gasteiger partial charge on any atom is -0.369 e. The van der Waals surface area contributed by atoms with Crippen molar-refractivity contribution in [3.63, 3.8) is 0 Å². The van der Waals surface area contributed by atoms with Crippen molar-refractivity contribution in [2.24, 2.45) is 0 Å². The fraction of sp³-hybridized carbons (Fsp3) is 0.400. The van der Waals surface area contributed by atoms with Gasteiger partial charge in [0.1, 0.15) is 11.9 Å². The molecule has 0 spiro atoms. The first-order valence-electron chi connectivity index (χ1n) is 4.71. The number of aromatic nitrogens is 1. The van der Waals surface area contributed by atoms with Crippen LogP contribution in [0.2, 0.25) is 0 Å². The van der Waals surface area contributed by atoms with Crippen molar-refractivity contribution >= 4 is 16.6 Å². The predicted molar refractivity (Wildman–Crippen MR) is 61.0 cm³/mol. The second-order valence-corrected chi connectivity index (χ2v) is 4.77. The normalized spacial score (nSPS) is 11.7. The Morgan fingerprint density at radius 3 is 2.93 bits per heavy atom. The van der Waals surface area contributed by atoms with Crippen molar-refractivity contribution in [2.45, 2.75) is 6.92 Å². The molecule has 5 heteroatoms. The summed E-state index contributed by atoms with van der Waals surface area (Å²) in [5.74, 6) is 2.02. The van der Waals surface area contributed by atoms with Crippen LogP contribution in [0.3, 0.4) is 0 Å². The van der Waals surface area contributed by atoms with Crippen molar-refractivity contribution in [3.05, 3.63) is 23.9 Å². The van der Waals surface area contributed by atoms with E-state index in [0.29, 0.717) is 29.4 Å². The Morgan fingerprint density at radius 2 is 2.40 bits per heavy atom. The van der Waals surface area contributed by atoms with Gasteiger partial charge in [-0.25, -0.2) is 4.98 Å². The molecule has 0 saturated heterocycles. The number of rotatable bonds is 5. The molecule has 80 valence electrons. The van der Waals surface area contributed by atoms with Gasteiger partial charge in [0.15, 0.2) is 0 Å². The minimum absolute atomic E-state index is 0.540. The molecule has 1 rings (SSSR count). The molecule has 0 aliphatic carbocycles. The first kappa shape index (κ1) is 11.7. The number of pyridine rings is 1. The lowest BCUT2D eigenvalue weighted by molar-refractivity contribution is 0.684. The van der Waals surface area contributed by atoms with E-state index in [4.69, 9.17) is 5.26 Å². The molecule has 1 N–H and O–H groups in total. The average Bonchev–Trinajstić information content (AvgIpc) is 2.29. The van der Waals surface area contributed by atoms with Gasteiger partial charge in [0.25, 0.3) is 0 Å². The van der Waals surface area contributed by atoms with E-state index in [1.165, 1.54) is 6.20 Å². The van der Waals surface area contributed by atoms with Gasteiger partial charge in [-0.2, -0.15) is 5.26 Å². The van der Waals surface area contributed by atoms with Crippen molar-refractivity contribution in [1.29, 1.82) is 5.26 Å². The number of anilines is 1. The summed E-state index contributed by atoms with van der Waals surface area (Å²) in [6.45, 7) is 2.54. The van der Waals surface area contributed by atoms with E-state index in [1.807, 2.05) is 13.0 Å². The summed E-state index contributed by atoms with van der Waals surface area (Å²) in [5, 5.41) is 11.6. The van der Waals surface area contributed by atoms with E-state index >= 15 is 0 Å². The number of hydrogen-bond donors (Lipinski definition) is 1. The number of nitriles is 1. The second-order valence-electron chi connectivity index (χ2n) is 2.90. The summed E-state index contributed by atoms with van der Waals surface area (Å²) in [4.78, 5) is 4.04. The van der Waals surface area contributed by atoms with Gasteiger partial charge >= 0.3 is 0 Å². The quantitative estimate of drug-likeness (QED) is 0.812. The Labute approximate surface area is 91.8 Å². The van der Waals surface area contributed by atoms with E-state index in [1.54, 1.807) is 12.1 Å². The maximum absolute atomic E-state index is 11.1. The van der Waals surface area contributed by atoms with Crippen LogP contribution in [0, 0.1) is 11.3 Å². The lowest BCUT2D eigenvalue weighted by Crippen LogP contribution is -2.12. The lowest BCUT2D eigenvalue weighted by Gasteiger charge is -2.04. The molecule has 1 heterocycles. The molecular formula is C10H13N3OS. The molecular weight excluding hydrogens is 210 g/mol. The zero-order valence-electron chi connectivity index (χ0n) is 8.56. The molecule has 1 atom stereocenters. The molecule has 1 unspecified atom stereocenters. The highest BCUT2D eigenvalue weighted by Crippen LogP contribution is 2.03. The van der Waals surface area contributed by atoms with Crippen LogP contribution in [-0.4, -0.2) is 27.2 Å². The van der Waals surface area contributed by atoms with Gasteiger partial charge in [-0.3, -0.25) is 4.21 Å². The van der Waals surface area contributed by atoms with Crippen LogP contribution in [0.15, 0.2) is 18.3 Å². The van der Waals surface area contributed by atoms with E-state index in [-0.39, 0.29) is 0 Å². The first-order chi connectivity index (χ1) is 7.26. The van der Waals surface area contributed by atoms with Gasteiger partial charge in [0, 0.05) is 35.0 Å². The zero-order chi connectivity index (χ0) is 11.1. The largest absolute Gasteiger partial charge is 0.369 e. The summed E-state index contributed by atoms with van der Waals surface area (Å²) in [7, 11) is -0.749. The summed E-state index contributed by atoms with van der Waals surface area (Å²) >= 11 is 0. The summed E-state index contributed by atoms with van der Waals surface area (Å²) < 4.78 is 11.1. The predicted octanol–water partition coefficient (Wildman–Crippen LogP) is 1.13. The van der Waals surface area contributed by atoms with Crippen LogP contribution in [-0.2, 0) is 10.8 Å². The van der Waals surface area contributed by atoms with E-state index in [0.717, 1.165) is 0 Å². The second kappa shape index (κ2) is 6.14. The number of hydrogen-bond acceptors (Lipinski definition) is 4. The SMILES string of the molecule is CCS(=O)CCNc1ccc(C#N)cn1. The molecule has 0 aliphatic heterocycles. The fourth-order valence-corrected chi connectivity index (χ4v) is 1.62. The minimum atomic E-state index is -0.749. The van der Waals surface area contributed by atoms with Crippen molar-refractivity contribution in [1.82, 2.24) is 4.98 Å². The molecule has 0 fully saturated rings. The van der Waals surface area contributed by atoms with E-state index < -0.39 is 10.8 Å². The van der Waals surface area contributed by atoms with Crippen LogP contribution < -0.4 is 5.32 Å². The van der Waals surface area contributed by atoms with Gasteiger partial charge in [-0.15, -0.1) is 0 Å². The van der Waals surface area contributed by atoms with Crippen LogP contribution in [0.4, 0.5) is 5.82 Å². The lowest BCUT2D eigenvalue weighted by atomic mass is 10.3. The third kappa shape index (κ3) is 4.09. The van der Waals surface area contributed by atoms with Gasteiger partial charge in [-0.1, -0.05) is 6.92 Å². The van der Waals surface area contributed by atoms with Crippen LogP contribution in [0.1, 0.15) is 12.5 Å². The molecule has 1 aromatic heterocycles. The van der Waals surface area contributed by atoms with Crippen LogP contribution >= 0.6 is 0 Å². The fourth-order valence-electron chi connectivity index (χ4n) is 1.00. The monoisotopic (exact) mass is 223 g/mol. The smallest absolute Gasteiger partial charge is 0.125 e. The van der Waals surface area contributed by atoms with Crippen molar-refractivity contribution in [3.8, 4) is 6.07 Å². The summed E-state index contributed by atoms with van der Waals surface area (Å²) in [6.07, 6.45) is 1.51. The Kier molecular flexibility index (Phi) is 4.78. The topological polar surface area (TPSA) is 65.8 Å². The molecule has 0 aliphatic rings. The maximum Gasteiger partial charge on any atom is 0.125 e. The van der Waals surface area contributed by atoms with Gasteiger partial charge in [0.05, 0.1) is 5.56 Å². The third-order valence-electron chi connectivity index (χ3n) is 1.85. The number of nitrogens with zero attached hydrogens (tertiary/aromatic N) is 2. The average molecular weight is 223 g/mol. The van der Waals surface area contributed by atoms with E-state index in [2.05, 4.69) is 10.3 Å². The number of nitrogens with one attached hydrogen (secondary N) is 1. The van der Waals surface area contributed by atoms with Crippen LogP contribution in [0.25, 0.3) is 0 Å². The highest BCUT2D eigenvalue weighted by atomic mass is 32.2. The molecule has 0 aromatic carbocycles. The van der Waals surface area contributed by atoms with Crippen LogP contribution in [0.5, 0.6) is 0 Å². The van der Waals surface area contributed by atoms with E-state index in [9.17, 15) is 4.21 Å². The Morgan fingerprint density at radius 1 is 1.60 bits per heavy atom. The molecule has 1 aromatic rings. The van der Waals surface area contributed by atoms with Crippen molar-refractivity contribution in [2.75, 3.05) is 23.4 Å². The molecule has 15 heavy (non-hydrogen) atoms. The van der Waals surface area contributed by atoms with Gasteiger partial charge in [0.2, 0.25) is 0 Å². The molecule has 4 nitrogen and oxygen atoms in total. The molecule has 0 saturated carbocycles. The highest BCUT2D eigenvalue weighted by Gasteiger charge is 1.97. The first-order valence-corrected chi connectivity index (χ1v) is 6.20. The Bertz CT molecular complexity index is 369. The van der Waals surface area contributed by atoms with Gasteiger partial charge in [-0.05, 0) is 12.1 Å². The molecule has 0 amide bonds. The van der Waals surface area contributed by atoms with Crippen molar-refractivity contribution < 1.29 is 4.21 Å². The summed E-state index contributed by atoms with van der Waals surface area (Å²) in [5.41, 5.74) is 0.540. The Balaban J connectivity index is 2.38. The zero-order valence-corrected chi connectivity index (χ0v) is 9.38. The molecule has 0 bridgehead atoms. The molecule has 0 radical (unpaired) electrons. The van der Waals surface area contributed by atoms with Gasteiger partial charge < -0.3 is 5.32 Å².